The summed E-state index contributed by atoms with van der Waals surface area (Å²) in [5.74, 6) is -0.585. The lowest BCUT2D eigenvalue weighted by Crippen LogP contribution is -2.28. The third-order valence-corrected chi connectivity index (χ3v) is 4.47. The minimum Gasteiger partial charge on any atom is -0.390 e. The Labute approximate surface area is 127 Å². The topological polar surface area (TPSA) is 24.1 Å². The first-order chi connectivity index (χ1) is 10.7. The highest BCUT2D eigenvalue weighted by molar-refractivity contribution is 5.66. The van der Waals surface area contributed by atoms with E-state index in [9.17, 15) is 8.78 Å². The fourth-order valence-electron chi connectivity index (χ4n) is 3.37. The molecule has 2 aromatic rings. The van der Waals surface area contributed by atoms with E-state index < -0.39 is 11.6 Å². The van der Waals surface area contributed by atoms with Gasteiger partial charge in [-0.1, -0.05) is 18.2 Å². The van der Waals surface area contributed by atoms with E-state index in [0.29, 0.717) is 11.5 Å². The Bertz CT molecular complexity index is 838. The summed E-state index contributed by atoms with van der Waals surface area (Å²) in [5, 5.41) is 8.85. The SMILES string of the molecule is Fc1cccc(F)c1-c1ccc2c(c1)=CNC[C@@H]1CNCC=21. The smallest absolute Gasteiger partial charge is 0.133 e. The van der Waals surface area contributed by atoms with E-state index >= 15 is 0 Å². The molecule has 0 bridgehead atoms. The summed E-state index contributed by atoms with van der Waals surface area (Å²) >= 11 is 0. The van der Waals surface area contributed by atoms with Gasteiger partial charge in [0.05, 0.1) is 5.56 Å². The molecule has 0 aromatic heterocycles. The van der Waals surface area contributed by atoms with E-state index in [0.717, 1.165) is 24.9 Å². The van der Waals surface area contributed by atoms with Crippen LogP contribution in [0.3, 0.4) is 0 Å². The third kappa shape index (κ3) is 2.11. The zero-order valence-corrected chi connectivity index (χ0v) is 12.0. The largest absolute Gasteiger partial charge is 0.390 e. The number of fused-ring (bicyclic) bond motifs is 2. The van der Waals surface area contributed by atoms with Crippen molar-refractivity contribution >= 4 is 11.8 Å². The molecule has 2 N–H and O–H groups in total. The summed E-state index contributed by atoms with van der Waals surface area (Å²) in [6, 6.07) is 9.61. The molecule has 1 saturated heterocycles. The molecule has 2 nitrogen and oxygen atoms in total. The lowest BCUT2D eigenvalue weighted by molar-refractivity contribution is 0.589. The number of nitrogens with one attached hydrogen (secondary N) is 2. The van der Waals surface area contributed by atoms with Gasteiger partial charge < -0.3 is 10.6 Å². The molecule has 0 amide bonds. The van der Waals surface area contributed by atoms with Gasteiger partial charge in [0, 0.05) is 31.8 Å². The minimum atomic E-state index is -0.533. The Morgan fingerprint density at radius 1 is 1.00 bits per heavy atom. The van der Waals surface area contributed by atoms with Crippen LogP contribution in [-0.4, -0.2) is 19.6 Å². The molecule has 1 atom stereocenters. The summed E-state index contributed by atoms with van der Waals surface area (Å²) < 4.78 is 28.0. The highest BCUT2D eigenvalue weighted by Gasteiger charge is 2.22. The molecular weight excluding hydrogens is 282 g/mol. The molecular formula is C18H16F2N2. The van der Waals surface area contributed by atoms with Gasteiger partial charge in [0.1, 0.15) is 11.6 Å². The van der Waals surface area contributed by atoms with E-state index in [-0.39, 0.29) is 5.56 Å². The van der Waals surface area contributed by atoms with Crippen molar-refractivity contribution < 1.29 is 8.78 Å². The average molecular weight is 298 g/mol. The van der Waals surface area contributed by atoms with Crippen molar-refractivity contribution in [2.75, 3.05) is 19.6 Å². The van der Waals surface area contributed by atoms with Gasteiger partial charge in [-0.05, 0) is 39.8 Å². The quantitative estimate of drug-likeness (QED) is 0.830. The van der Waals surface area contributed by atoms with Crippen LogP contribution in [0, 0.1) is 17.6 Å². The molecule has 0 aliphatic carbocycles. The summed E-state index contributed by atoms with van der Waals surface area (Å²) in [4.78, 5) is 0. The van der Waals surface area contributed by atoms with Gasteiger partial charge in [-0.15, -0.1) is 0 Å². The van der Waals surface area contributed by atoms with Crippen LogP contribution in [0.25, 0.3) is 22.9 Å². The van der Waals surface area contributed by atoms with Crippen LogP contribution in [0.15, 0.2) is 36.4 Å². The van der Waals surface area contributed by atoms with Crippen molar-refractivity contribution in [1.29, 1.82) is 0 Å². The summed E-state index contributed by atoms with van der Waals surface area (Å²) in [6.07, 6.45) is 1.95. The second-order valence-electron chi connectivity index (χ2n) is 5.80. The van der Waals surface area contributed by atoms with Gasteiger partial charge in [0.25, 0.3) is 0 Å². The molecule has 2 aromatic carbocycles. The first-order valence-corrected chi connectivity index (χ1v) is 7.46. The van der Waals surface area contributed by atoms with Gasteiger partial charge in [0.15, 0.2) is 0 Å². The van der Waals surface area contributed by atoms with Crippen molar-refractivity contribution in [3.05, 3.63) is 58.5 Å². The summed E-state index contributed by atoms with van der Waals surface area (Å²) in [6.45, 7) is 2.74. The van der Waals surface area contributed by atoms with Crippen LogP contribution >= 0.6 is 0 Å². The fraction of sp³-hybridized carbons (Fsp3) is 0.222. The normalized spacial score (nSPS) is 19.7. The standard InChI is InChI=1S/C18H16F2N2/c19-16-2-1-3-17(20)18(16)11-4-5-14-12(6-11)7-21-8-13-9-22-10-15(13)14/h1-7,13,21-22H,8-10H2/t13-/m1/s1. The van der Waals surface area contributed by atoms with Crippen LogP contribution in [0.5, 0.6) is 0 Å². The Hall–Kier alpha value is -2.20. The highest BCUT2D eigenvalue weighted by Crippen LogP contribution is 2.24. The highest BCUT2D eigenvalue weighted by atomic mass is 19.1. The maximum atomic E-state index is 14.0. The van der Waals surface area contributed by atoms with Crippen LogP contribution in [0.2, 0.25) is 0 Å². The van der Waals surface area contributed by atoms with Gasteiger partial charge in [-0.25, -0.2) is 8.78 Å². The van der Waals surface area contributed by atoms with E-state index in [4.69, 9.17) is 0 Å². The van der Waals surface area contributed by atoms with Crippen LogP contribution in [-0.2, 0) is 0 Å². The van der Waals surface area contributed by atoms with Crippen molar-refractivity contribution in [2.45, 2.75) is 0 Å². The molecule has 112 valence electrons. The van der Waals surface area contributed by atoms with Crippen molar-refractivity contribution in [3.63, 3.8) is 0 Å². The number of rotatable bonds is 1. The zero-order chi connectivity index (χ0) is 15.1. The molecule has 4 rings (SSSR count). The molecule has 0 spiro atoms. The van der Waals surface area contributed by atoms with E-state index in [1.165, 1.54) is 29.0 Å². The maximum Gasteiger partial charge on any atom is 0.133 e. The molecule has 0 radical (unpaired) electrons. The number of benzene rings is 2. The van der Waals surface area contributed by atoms with Crippen molar-refractivity contribution in [2.24, 2.45) is 5.92 Å². The first kappa shape index (κ1) is 13.5. The lowest BCUT2D eigenvalue weighted by Gasteiger charge is -2.08. The van der Waals surface area contributed by atoms with Gasteiger partial charge in [-0.3, -0.25) is 0 Å². The van der Waals surface area contributed by atoms with Gasteiger partial charge in [-0.2, -0.15) is 0 Å². The van der Waals surface area contributed by atoms with Crippen LogP contribution in [0.4, 0.5) is 8.78 Å². The molecule has 22 heavy (non-hydrogen) atoms. The van der Waals surface area contributed by atoms with Crippen molar-refractivity contribution in [1.82, 2.24) is 10.6 Å². The molecule has 4 heteroatoms. The van der Waals surface area contributed by atoms with Gasteiger partial charge in [0.2, 0.25) is 0 Å². The number of halogens is 2. The second kappa shape index (κ2) is 5.21. The Kier molecular flexibility index (Phi) is 3.19. The molecule has 2 aliphatic heterocycles. The summed E-state index contributed by atoms with van der Waals surface area (Å²) in [7, 11) is 0. The molecule has 2 heterocycles. The van der Waals surface area contributed by atoms with E-state index in [2.05, 4.69) is 10.6 Å². The van der Waals surface area contributed by atoms with E-state index in [1.54, 1.807) is 0 Å². The maximum absolute atomic E-state index is 14.0. The predicted octanol–water partition coefficient (Wildman–Crippen LogP) is 1.34. The molecule has 0 saturated carbocycles. The molecule has 2 aliphatic rings. The average Bonchev–Trinajstić information content (AvgIpc) is 2.89. The Morgan fingerprint density at radius 3 is 2.64 bits per heavy atom. The lowest BCUT2D eigenvalue weighted by atomic mass is 9.97. The number of hydrogen-bond acceptors (Lipinski definition) is 2. The Balaban J connectivity index is 1.95. The van der Waals surface area contributed by atoms with E-state index in [1.807, 2.05) is 24.4 Å². The minimum absolute atomic E-state index is 0.0362. The second-order valence-corrected chi connectivity index (χ2v) is 5.80. The van der Waals surface area contributed by atoms with Gasteiger partial charge >= 0.3 is 0 Å². The zero-order valence-electron chi connectivity index (χ0n) is 12.0. The molecule has 1 fully saturated rings. The predicted molar refractivity (Wildman–Crippen MR) is 83.3 cm³/mol. The monoisotopic (exact) mass is 298 g/mol. The third-order valence-electron chi connectivity index (χ3n) is 4.47. The molecule has 0 unspecified atom stereocenters. The van der Waals surface area contributed by atoms with Crippen LogP contribution < -0.4 is 21.1 Å². The van der Waals surface area contributed by atoms with Crippen molar-refractivity contribution in [3.8, 4) is 11.1 Å². The number of hydrogen-bond donors (Lipinski definition) is 2. The Morgan fingerprint density at radius 2 is 1.82 bits per heavy atom. The van der Waals surface area contributed by atoms with Crippen LogP contribution in [0.1, 0.15) is 0 Å². The summed E-state index contributed by atoms with van der Waals surface area (Å²) in [5.41, 5.74) is 1.98. The first-order valence-electron chi connectivity index (χ1n) is 7.46. The fourth-order valence-corrected chi connectivity index (χ4v) is 3.37.